The second-order valence-corrected chi connectivity index (χ2v) is 5.50. The van der Waals surface area contributed by atoms with Crippen LogP contribution in [0.2, 0.25) is 0 Å². The highest BCUT2D eigenvalue weighted by atomic mass is 79.9. The number of hydrazine groups is 1. The lowest BCUT2D eigenvalue weighted by atomic mass is 10.1. The number of ketones is 1. The number of hydrogen-bond donors (Lipinski definition) is 2. The van der Waals surface area contributed by atoms with Crippen molar-refractivity contribution in [2.75, 3.05) is 0 Å². The summed E-state index contributed by atoms with van der Waals surface area (Å²) in [5.74, 6) is 0.0319. The topological polar surface area (TPSA) is 58.2 Å². The van der Waals surface area contributed by atoms with Crippen LogP contribution >= 0.6 is 15.9 Å². The third-order valence-electron chi connectivity index (χ3n) is 2.81. The van der Waals surface area contributed by atoms with E-state index in [-0.39, 0.29) is 17.6 Å². The van der Waals surface area contributed by atoms with Crippen molar-refractivity contribution >= 4 is 27.6 Å². The summed E-state index contributed by atoms with van der Waals surface area (Å²) in [5.41, 5.74) is 6.56. The Morgan fingerprint density at radius 1 is 1.21 bits per heavy atom. The second kappa shape index (κ2) is 6.02. The van der Waals surface area contributed by atoms with Crippen LogP contribution in [0, 0.1) is 5.92 Å². The largest absolute Gasteiger partial charge is 0.303 e. The predicted molar refractivity (Wildman–Crippen MR) is 76.2 cm³/mol. The van der Waals surface area contributed by atoms with Crippen LogP contribution in [0.15, 0.2) is 40.5 Å². The molecule has 2 rings (SSSR count). The maximum absolute atomic E-state index is 11.9. The molecule has 1 aliphatic rings. The molecule has 0 heterocycles. The van der Waals surface area contributed by atoms with Crippen LogP contribution < -0.4 is 10.9 Å². The molecule has 19 heavy (non-hydrogen) atoms. The summed E-state index contributed by atoms with van der Waals surface area (Å²) in [6.07, 6.45) is 3.37. The van der Waals surface area contributed by atoms with Gasteiger partial charge in [-0.15, -0.1) is 0 Å². The van der Waals surface area contributed by atoms with Crippen molar-refractivity contribution in [3.05, 3.63) is 46.1 Å². The van der Waals surface area contributed by atoms with Crippen molar-refractivity contribution in [2.45, 2.75) is 19.8 Å². The molecule has 4 nitrogen and oxygen atoms in total. The van der Waals surface area contributed by atoms with Crippen molar-refractivity contribution in [3.63, 3.8) is 0 Å². The van der Waals surface area contributed by atoms with Gasteiger partial charge in [-0.3, -0.25) is 15.0 Å². The molecular formula is C14H15BrN2O2. The molecule has 0 aromatic heterocycles. The molecule has 1 aliphatic carbocycles. The van der Waals surface area contributed by atoms with Gasteiger partial charge < -0.3 is 5.43 Å². The zero-order valence-corrected chi connectivity index (χ0v) is 12.2. The number of halogens is 1. The molecule has 1 fully saturated rings. The van der Waals surface area contributed by atoms with Crippen LogP contribution in [0.1, 0.15) is 30.1 Å². The first-order chi connectivity index (χ1) is 9.06. The average molecular weight is 323 g/mol. The van der Waals surface area contributed by atoms with E-state index in [1.54, 1.807) is 19.1 Å². The molecule has 0 unspecified atom stereocenters. The van der Waals surface area contributed by atoms with Crippen LogP contribution in [0.5, 0.6) is 0 Å². The quantitative estimate of drug-likeness (QED) is 0.497. The third-order valence-corrected chi connectivity index (χ3v) is 3.34. The molecule has 0 saturated heterocycles. The predicted octanol–water partition coefficient (Wildman–Crippen LogP) is 2.57. The lowest BCUT2D eigenvalue weighted by Gasteiger charge is -2.07. The molecule has 0 radical (unpaired) electrons. The minimum atomic E-state index is -0.0989. The van der Waals surface area contributed by atoms with E-state index >= 15 is 0 Å². The van der Waals surface area contributed by atoms with Gasteiger partial charge in [-0.05, 0) is 44.0 Å². The smallest absolute Gasteiger partial charge is 0.241 e. The Kier molecular flexibility index (Phi) is 4.37. The van der Waals surface area contributed by atoms with Crippen LogP contribution in [0.4, 0.5) is 0 Å². The number of amides is 1. The first-order valence-corrected chi connectivity index (χ1v) is 6.89. The van der Waals surface area contributed by atoms with Gasteiger partial charge >= 0.3 is 0 Å². The van der Waals surface area contributed by atoms with Crippen LogP contribution in [-0.2, 0) is 4.79 Å². The van der Waals surface area contributed by atoms with E-state index in [9.17, 15) is 9.59 Å². The Bertz CT molecular complexity index is 519. The van der Waals surface area contributed by atoms with Gasteiger partial charge in [0.1, 0.15) is 0 Å². The third kappa shape index (κ3) is 4.21. The summed E-state index contributed by atoms with van der Waals surface area (Å²) in [5, 5.41) is 0. The highest BCUT2D eigenvalue weighted by Crippen LogP contribution is 2.28. The number of carbonyl (C=O) groups excluding carboxylic acids is 2. The number of carbonyl (C=O) groups is 2. The molecule has 0 bridgehead atoms. The Morgan fingerprint density at radius 2 is 1.84 bits per heavy atom. The SMILES string of the molecule is CC(=CC(=O)c1ccc(Br)cc1)NNC(=O)C1CC1. The van der Waals surface area contributed by atoms with E-state index in [1.165, 1.54) is 6.08 Å². The highest BCUT2D eigenvalue weighted by Gasteiger charge is 2.29. The van der Waals surface area contributed by atoms with E-state index in [4.69, 9.17) is 0 Å². The summed E-state index contributed by atoms with van der Waals surface area (Å²) in [4.78, 5) is 23.3. The number of nitrogens with one attached hydrogen (secondary N) is 2. The Morgan fingerprint density at radius 3 is 2.42 bits per heavy atom. The first-order valence-electron chi connectivity index (χ1n) is 6.10. The van der Waals surface area contributed by atoms with E-state index in [1.807, 2.05) is 12.1 Å². The number of hydrogen-bond acceptors (Lipinski definition) is 3. The van der Waals surface area contributed by atoms with Crippen molar-refractivity contribution in [3.8, 4) is 0 Å². The number of rotatable bonds is 5. The number of allylic oxidation sites excluding steroid dienone is 2. The fourth-order valence-electron chi connectivity index (χ4n) is 1.54. The van der Waals surface area contributed by atoms with Crippen molar-refractivity contribution < 1.29 is 9.59 Å². The normalized spacial score (nSPS) is 14.9. The fraction of sp³-hybridized carbons (Fsp3) is 0.286. The van der Waals surface area contributed by atoms with Gasteiger partial charge in [-0.2, -0.15) is 0 Å². The van der Waals surface area contributed by atoms with E-state index < -0.39 is 0 Å². The van der Waals surface area contributed by atoms with Gasteiger partial charge in [0.2, 0.25) is 5.91 Å². The van der Waals surface area contributed by atoms with Gasteiger partial charge in [-0.1, -0.05) is 15.9 Å². The monoisotopic (exact) mass is 322 g/mol. The summed E-state index contributed by atoms with van der Waals surface area (Å²) in [6.45, 7) is 1.74. The molecule has 0 atom stereocenters. The van der Waals surface area contributed by atoms with Crippen LogP contribution in [0.25, 0.3) is 0 Å². The van der Waals surface area contributed by atoms with Gasteiger partial charge in [-0.25, -0.2) is 0 Å². The van der Waals surface area contributed by atoms with Gasteiger partial charge in [0.15, 0.2) is 5.78 Å². The summed E-state index contributed by atoms with van der Waals surface area (Å²) in [6, 6.07) is 7.13. The van der Waals surface area contributed by atoms with Gasteiger partial charge in [0.05, 0.1) is 0 Å². The Hall–Kier alpha value is -1.62. The molecule has 1 amide bonds. The van der Waals surface area contributed by atoms with E-state index in [0.717, 1.165) is 17.3 Å². The van der Waals surface area contributed by atoms with E-state index in [2.05, 4.69) is 26.8 Å². The van der Waals surface area contributed by atoms with Crippen molar-refractivity contribution in [1.82, 2.24) is 10.9 Å². The molecule has 1 aromatic rings. The number of benzene rings is 1. The Labute approximate surface area is 120 Å². The minimum Gasteiger partial charge on any atom is -0.303 e. The minimum absolute atomic E-state index is 0.0103. The molecule has 5 heteroatoms. The molecule has 0 spiro atoms. The van der Waals surface area contributed by atoms with E-state index in [0.29, 0.717) is 11.3 Å². The standard InChI is InChI=1S/C14H15BrN2O2/c1-9(16-17-14(19)11-2-3-11)8-13(18)10-4-6-12(15)7-5-10/h4-8,11,16H,2-3H2,1H3,(H,17,19). The lowest BCUT2D eigenvalue weighted by Crippen LogP contribution is -2.37. The fourth-order valence-corrected chi connectivity index (χ4v) is 1.80. The molecule has 100 valence electrons. The van der Waals surface area contributed by atoms with Crippen molar-refractivity contribution in [2.24, 2.45) is 5.92 Å². The zero-order valence-electron chi connectivity index (χ0n) is 10.6. The maximum Gasteiger partial charge on any atom is 0.241 e. The zero-order chi connectivity index (χ0) is 13.8. The van der Waals surface area contributed by atoms with Crippen LogP contribution in [0.3, 0.4) is 0 Å². The van der Waals surface area contributed by atoms with Crippen LogP contribution in [-0.4, -0.2) is 11.7 Å². The van der Waals surface area contributed by atoms with Gasteiger partial charge in [0.25, 0.3) is 0 Å². The summed E-state index contributed by atoms with van der Waals surface area (Å²) < 4.78 is 0.930. The summed E-state index contributed by atoms with van der Waals surface area (Å²) in [7, 11) is 0. The second-order valence-electron chi connectivity index (χ2n) is 4.59. The first kappa shape index (κ1) is 13.8. The Balaban J connectivity index is 1.89. The lowest BCUT2D eigenvalue weighted by molar-refractivity contribution is -0.123. The molecule has 0 aliphatic heterocycles. The molecule has 2 N–H and O–H groups in total. The highest BCUT2D eigenvalue weighted by molar-refractivity contribution is 9.10. The average Bonchev–Trinajstić information content (AvgIpc) is 3.21. The van der Waals surface area contributed by atoms with Gasteiger partial charge in [0, 0.05) is 27.7 Å². The molecule has 1 aromatic carbocycles. The van der Waals surface area contributed by atoms with Crippen molar-refractivity contribution in [1.29, 1.82) is 0 Å². The molecular weight excluding hydrogens is 308 g/mol. The molecule has 1 saturated carbocycles. The maximum atomic E-state index is 11.9. The summed E-state index contributed by atoms with van der Waals surface area (Å²) >= 11 is 3.32.